The normalized spacial score (nSPS) is 17.6. The Morgan fingerprint density at radius 1 is 1.56 bits per heavy atom. The van der Waals surface area contributed by atoms with Crippen molar-refractivity contribution in [2.75, 3.05) is 11.9 Å². The summed E-state index contributed by atoms with van der Waals surface area (Å²) in [6, 6.07) is 0. The quantitative estimate of drug-likeness (QED) is 0.894. The molecule has 0 spiro atoms. The van der Waals surface area contributed by atoms with Crippen LogP contribution in [0.4, 0.5) is 5.82 Å². The zero-order valence-corrected chi connectivity index (χ0v) is 10.1. The molecule has 0 aromatic carbocycles. The number of hydrogen-bond donors (Lipinski definition) is 2. The molecule has 16 heavy (non-hydrogen) atoms. The van der Waals surface area contributed by atoms with Gasteiger partial charge in [-0.1, -0.05) is 0 Å². The van der Waals surface area contributed by atoms with Gasteiger partial charge in [0, 0.05) is 18.6 Å². The maximum atomic E-state index is 9.28. The van der Waals surface area contributed by atoms with Gasteiger partial charge in [0.25, 0.3) is 0 Å². The molecule has 84 valence electrons. The zero-order chi connectivity index (χ0) is 11.2. The fourth-order valence-corrected chi connectivity index (χ4v) is 2.11. The molecule has 2 aromatic heterocycles. The molecular formula is C10H11BrN4O. The molecule has 2 heterocycles. The first kappa shape index (κ1) is 10.0. The molecule has 0 aliphatic heterocycles. The lowest BCUT2D eigenvalue weighted by Gasteiger charge is -2.15. The van der Waals surface area contributed by atoms with Crippen molar-refractivity contribution < 1.29 is 5.11 Å². The molecule has 3 rings (SSSR count). The van der Waals surface area contributed by atoms with E-state index in [1.807, 2.05) is 16.8 Å². The highest BCUT2D eigenvalue weighted by Crippen LogP contribution is 2.38. The number of halogens is 1. The molecule has 5 nitrogen and oxygen atoms in total. The summed E-state index contributed by atoms with van der Waals surface area (Å²) in [6.07, 6.45) is 7.40. The number of aromatic nitrogens is 3. The molecular weight excluding hydrogens is 272 g/mol. The van der Waals surface area contributed by atoms with Crippen molar-refractivity contribution in [3.05, 3.63) is 23.2 Å². The molecule has 2 N–H and O–H groups in total. The Morgan fingerprint density at radius 3 is 3.06 bits per heavy atom. The van der Waals surface area contributed by atoms with E-state index in [9.17, 15) is 5.11 Å². The van der Waals surface area contributed by atoms with Crippen molar-refractivity contribution in [2.24, 2.45) is 0 Å². The second-order valence-corrected chi connectivity index (χ2v) is 4.95. The predicted molar refractivity (Wildman–Crippen MR) is 63.4 cm³/mol. The second-order valence-electron chi connectivity index (χ2n) is 4.13. The van der Waals surface area contributed by atoms with Gasteiger partial charge in [-0.2, -0.15) is 0 Å². The first-order valence-corrected chi connectivity index (χ1v) is 5.90. The van der Waals surface area contributed by atoms with Crippen LogP contribution in [0.25, 0.3) is 5.65 Å². The van der Waals surface area contributed by atoms with E-state index in [4.69, 9.17) is 0 Å². The number of nitrogens with one attached hydrogen (secondary N) is 1. The summed E-state index contributed by atoms with van der Waals surface area (Å²) in [5.41, 5.74) is 0.600. The maximum absolute atomic E-state index is 9.28. The van der Waals surface area contributed by atoms with Crippen LogP contribution in [0.3, 0.4) is 0 Å². The number of anilines is 1. The summed E-state index contributed by atoms with van der Waals surface area (Å²) >= 11 is 3.36. The zero-order valence-electron chi connectivity index (χ0n) is 8.52. The molecule has 1 aliphatic carbocycles. The number of imidazole rings is 1. The standard InChI is InChI=1S/C10H11BrN4O/c11-7-5-15-4-3-12-9(15)8(13-7)14-10(6-16)1-2-10/h3-5,16H,1-2,6H2,(H,13,14). The molecule has 0 saturated heterocycles. The lowest BCUT2D eigenvalue weighted by molar-refractivity contribution is 0.266. The Bertz CT molecular complexity index is 535. The first-order chi connectivity index (χ1) is 7.72. The topological polar surface area (TPSA) is 62.5 Å². The number of rotatable bonds is 3. The average molecular weight is 283 g/mol. The second kappa shape index (κ2) is 3.43. The van der Waals surface area contributed by atoms with Crippen molar-refractivity contribution in [3.63, 3.8) is 0 Å². The molecule has 0 radical (unpaired) electrons. The van der Waals surface area contributed by atoms with E-state index in [1.165, 1.54) is 0 Å². The smallest absolute Gasteiger partial charge is 0.180 e. The van der Waals surface area contributed by atoms with Crippen LogP contribution < -0.4 is 5.32 Å². The van der Waals surface area contributed by atoms with Crippen LogP contribution in [0.15, 0.2) is 23.2 Å². The van der Waals surface area contributed by atoms with Crippen molar-refractivity contribution >= 4 is 27.4 Å². The van der Waals surface area contributed by atoms with Gasteiger partial charge >= 0.3 is 0 Å². The largest absolute Gasteiger partial charge is 0.394 e. The third kappa shape index (κ3) is 1.58. The van der Waals surface area contributed by atoms with Crippen LogP contribution >= 0.6 is 15.9 Å². The van der Waals surface area contributed by atoms with E-state index in [-0.39, 0.29) is 12.1 Å². The Morgan fingerprint density at radius 2 is 2.38 bits per heavy atom. The van der Waals surface area contributed by atoms with Gasteiger partial charge in [0.05, 0.1) is 12.1 Å². The lowest BCUT2D eigenvalue weighted by atomic mass is 10.3. The molecule has 0 bridgehead atoms. The number of aliphatic hydroxyl groups excluding tert-OH is 1. The summed E-state index contributed by atoms with van der Waals surface area (Å²) in [6.45, 7) is 0.133. The third-order valence-electron chi connectivity index (χ3n) is 2.88. The highest BCUT2D eigenvalue weighted by Gasteiger charge is 2.42. The van der Waals surface area contributed by atoms with Gasteiger partial charge in [-0.3, -0.25) is 0 Å². The first-order valence-electron chi connectivity index (χ1n) is 5.11. The molecule has 0 unspecified atom stereocenters. The summed E-state index contributed by atoms with van der Waals surface area (Å²) in [7, 11) is 0. The predicted octanol–water partition coefficient (Wildman–Crippen LogP) is 1.43. The Kier molecular flexibility index (Phi) is 2.15. The number of hydrogen-bond acceptors (Lipinski definition) is 4. The highest BCUT2D eigenvalue weighted by atomic mass is 79.9. The van der Waals surface area contributed by atoms with Gasteiger partial charge in [-0.05, 0) is 28.8 Å². The Balaban J connectivity index is 2.05. The van der Waals surface area contributed by atoms with E-state index < -0.39 is 0 Å². The van der Waals surface area contributed by atoms with Crippen molar-refractivity contribution in [1.29, 1.82) is 0 Å². The van der Waals surface area contributed by atoms with Crippen molar-refractivity contribution in [1.82, 2.24) is 14.4 Å². The van der Waals surface area contributed by atoms with Gasteiger partial charge in [0.1, 0.15) is 4.60 Å². The molecule has 1 aliphatic rings. The van der Waals surface area contributed by atoms with Crippen LogP contribution in [-0.2, 0) is 0 Å². The summed E-state index contributed by atoms with van der Waals surface area (Å²) in [5.74, 6) is 0.714. The Hall–Kier alpha value is -1.14. The van der Waals surface area contributed by atoms with Gasteiger partial charge in [-0.15, -0.1) is 0 Å². The fourth-order valence-electron chi connectivity index (χ4n) is 1.71. The number of nitrogens with zero attached hydrogens (tertiary/aromatic N) is 3. The average Bonchev–Trinajstić information content (AvgIpc) is 2.87. The summed E-state index contributed by atoms with van der Waals surface area (Å²) in [4.78, 5) is 8.60. The van der Waals surface area contributed by atoms with E-state index in [0.29, 0.717) is 5.82 Å². The number of aliphatic hydroxyl groups is 1. The molecule has 1 fully saturated rings. The maximum Gasteiger partial charge on any atom is 0.180 e. The minimum absolute atomic E-state index is 0.133. The van der Waals surface area contributed by atoms with Crippen LogP contribution in [0.5, 0.6) is 0 Å². The van der Waals surface area contributed by atoms with Crippen LogP contribution in [0.2, 0.25) is 0 Å². The summed E-state index contributed by atoms with van der Waals surface area (Å²) < 4.78 is 2.64. The SMILES string of the molecule is OCC1(Nc2nc(Br)cn3ccnc23)CC1. The van der Waals surface area contributed by atoms with Gasteiger partial charge in [0.2, 0.25) is 0 Å². The third-order valence-corrected chi connectivity index (χ3v) is 3.27. The van der Waals surface area contributed by atoms with Gasteiger partial charge < -0.3 is 14.8 Å². The molecule has 1 saturated carbocycles. The lowest BCUT2D eigenvalue weighted by Crippen LogP contribution is -2.26. The van der Waals surface area contributed by atoms with Gasteiger partial charge in [-0.25, -0.2) is 9.97 Å². The van der Waals surface area contributed by atoms with Gasteiger partial charge in [0.15, 0.2) is 11.5 Å². The van der Waals surface area contributed by atoms with E-state index in [1.54, 1.807) is 6.20 Å². The Labute approximate surface area is 101 Å². The summed E-state index contributed by atoms with van der Waals surface area (Å²) in [5, 5.41) is 12.6. The molecule has 6 heteroatoms. The van der Waals surface area contributed by atoms with E-state index in [0.717, 1.165) is 23.1 Å². The van der Waals surface area contributed by atoms with Crippen LogP contribution in [0.1, 0.15) is 12.8 Å². The minimum atomic E-state index is -0.180. The van der Waals surface area contributed by atoms with E-state index >= 15 is 0 Å². The van der Waals surface area contributed by atoms with Crippen LogP contribution in [0, 0.1) is 0 Å². The number of fused-ring (bicyclic) bond motifs is 1. The monoisotopic (exact) mass is 282 g/mol. The van der Waals surface area contributed by atoms with Crippen molar-refractivity contribution in [3.8, 4) is 0 Å². The van der Waals surface area contributed by atoms with Crippen LogP contribution in [-0.4, -0.2) is 31.6 Å². The molecule has 0 atom stereocenters. The fraction of sp³-hybridized carbons (Fsp3) is 0.400. The van der Waals surface area contributed by atoms with Crippen molar-refractivity contribution in [2.45, 2.75) is 18.4 Å². The van der Waals surface area contributed by atoms with E-state index in [2.05, 4.69) is 31.2 Å². The minimum Gasteiger partial charge on any atom is -0.394 e. The highest BCUT2D eigenvalue weighted by molar-refractivity contribution is 9.10. The molecule has 2 aromatic rings. The molecule has 0 amide bonds.